The molecule has 0 atom stereocenters. The van der Waals surface area contributed by atoms with Crippen molar-refractivity contribution >= 4 is 6.29 Å². The zero-order chi connectivity index (χ0) is 14.5. The summed E-state index contributed by atoms with van der Waals surface area (Å²) in [5.41, 5.74) is -0.577. The van der Waals surface area contributed by atoms with Gasteiger partial charge in [0.05, 0.1) is 6.54 Å². The van der Waals surface area contributed by atoms with Gasteiger partial charge in [0, 0.05) is 18.0 Å². The van der Waals surface area contributed by atoms with Crippen LogP contribution in [0.2, 0.25) is 0 Å². The quantitative estimate of drug-likeness (QED) is 0.563. The van der Waals surface area contributed by atoms with Crippen molar-refractivity contribution in [1.82, 2.24) is 4.90 Å². The van der Waals surface area contributed by atoms with E-state index in [4.69, 9.17) is 0 Å². The van der Waals surface area contributed by atoms with E-state index in [0.29, 0.717) is 0 Å². The first-order chi connectivity index (χ1) is 8.78. The van der Waals surface area contributed by atoms with Crippen LogP contribution in [0.5, 0.6) is 0 Å². The van der Waals surface area contributed by atoms with E-state index in [9.17, 15) is 18.0 Å². The molecule has 0 heterocycles. The molecule has 1 aliphatic rings. The minimum Gasteiger partial charge on any atom is -0.303 e. The molecule has 1 saturated carbocycles. The van der Waals surface area contributed by atoms with Crippen LogP contribution < -0.4 is 0 Å². The van der Waals surface area contributed by atoms with E-state index >= 15 is 0 Å². The zero-order valence-electron chi connectivity index (χ0n) is 11.8. The second-order valence-electron chi connectivity index (χ2n) is 6.01. The summed E-state index contributed by atoms with van der Waals surface area (Å²) in [6.45, 7) is 2.80. The number of hydrogen-bond donors (Lipinski definition) is 0. The van der Waals surface area contributed by atoms with Gasteiger partial charge in [-0.3, -0.25) is 4.90 Å². The van der Waals surface area contributed by atoms with Crippen LogP contribution in [0.25, 0.3) is 0 Å². The summed E-state index contributed by atoms with van der Waals surface area (Å²) in [5.74, 6) is 0. The third-order valence-electron chi connectivity index (χ3n) is 3.98. The Balaban J connectivity index is 2.76. The molecule has 1 rings (SSSR count). The summed E-state index contributed by atoms with van der Waals surface area (Å²) in [4.78, 5) is 12.8. The normalized spacial score (nSPS) is 20.6. The maximum atomic E-state index is 12.6. The molecule has 0 bridgehead atoms. The number of rotatable bonds is 5. The average Bonchev–Trinajstić information content (AvgIpc) is 2.52. The smallest absolute Gasteiger partial charge is 0.303 e. The van der Waals surface area contributed by atoms with Gasteiger partial charge in [-0.15, -0.1) is 0 Å². The highest BCUT2D eigenvalue weighted by atomic mass is 19.4. The number of carbonyl (C=O) groups is 1. The molecule has 0 aromatic rings. The van der Waals surface area contributed by atoms with Crippen LogP contribution in [0, 0.1) is 5.41 Å². The number of alkyl halides is 3. The first-order valence-corrected chi connectivity index (χ1v) is 7.05. The number of nitrogens with zero attached hydrogens (tertiary/aromatic N) is 1. The van der Waals surface area contributed by atoms with Crippen LogP contribution in [0.3, 0.4) is 0 Å². The van der Waals surface area contributed by atoms with Crippen molar-refractivity contribution in [3.8, 4) is 0 Å². The molecule has 5 heteroatoms. The predicted molar refractivity (Wildman–Crippen MR) is 69.0 cm³/mol. The van der Waals surface area contributed by atoms with Gasteiger partial charge >= 0.3 is 6.18 Å². The first kappa shape index (κ1) is 16.5. The van der Waals surface area contributed by atoms with E-state index in [1.807, 2.05) is 0 Å². The zero-order valence-corrected chi connectivity index (χ0v) is 11.8. The van der Waals surface area contributed by atoms with Gasteiger partial charge in [-0.2, -0.15) is 13.2 Å². The van der Waals surface area contributed by atoms with Gasteiger partial charge in [-0.05, 0) is 26.7 Å². The molecule has 0 unspecified atom stereocenters. The molecular formula is C14H24F3NO. The van der Waals surface area contributed by atoms with E-state index in [1.165, 1.54) is 4.90 Å². The van der Waals surface area contributed by atoms with Gasteiger partial charge in [0.25, 0.3) is 0 Å². The Kier molecular flexibility index (Phi) is 5.83. The molecule has 1 fully saturated rings. The van der Waals surface area contributed by atoms with E-state index in [1.54, 1.807) is 13.8 Å². The van der Waals surface area contributed by atoms with E-state index in [0.717, 1.165) is 44.8 Å². The van der Waals surface area contributed by atoms with Gasteiger partial charge < -0.3 is 4.79 Å². The second-order valence-corrected chi connectivity index (χ2v) is 6.01. The Morgan fingerprint density at radius 2 is 1.68 bits per heavy atom. The molecular weight excluding hydrogens is 255 g/mol. The highest BCUT2D eigenvalue weighted by Gasteiger charge is 2.38. The molecule has 0 amide bonds. The summed E-state index contributed by atoms with van der Waals surface area (Å²) in [5, 5.41) is 0. The summed E-state index contributed by atoms with van der Waals surface area (Å²) >= 11 is 0. The van der Waals surface area contributed by atoms with Gasteiger partial charge in [0.2, 0.25) is 0 Å². The summed E-state index contributed by atoms with van der Waals surface area (Å²) in [7, 11) is 0. The SMILES string of the molecule is CC(C)N(CC(F)(F)F)CC1(C=O)CCCCCC1. The lowest BCUT2D eigenvalue weighted by Gasteiger charge is -2.36. The van der Waals surface area contributed by atoms with Crippen LogP contribution in [0.15, 0.2) is 0 Å². The number of hydrogen-bond acceptors (Lipinski definition) is 2. The number of carbonyl (C=O) groups excluding carboxylic acids is 1. The molecule has 0 radical (unpaired) electrons. The lowest BCUT2D eigenvalue weighted by Crippen LogP contribution is -2.46. The van der Waals surface area contributed by atoms with Gasteiger partial charge in [-0.1, -0.05) is 25.7 Å². The summed E-state index contributed by atoms with van der Waals surface area (Å²) < 4.78 is 37.8. The summed E-state index contributed by atoms with van der Waals surface area (Å²) in [6.07, 6.45) is 2.18. The largest absolute Gasteiger partial charge is 0.401 e. The van der Waals surface area contributed by atoms with Gasteiger partial charge in [0.15, 0.2) is 0 Å². The van der Waals surface area contributed by atoms with Crippen molar-refractivity contribution < 1.29 is 18.0 Å². The van der Waals surface area contributed by atoms with E-state index in [2.05, 4.69) is 0 Å². The molecule has 0 spiro atoms. The lowest BCUT2D eigenvalue weighted by molar-refractivity contribution is -0.155. The predicted octanol–water partition coefficient (Wildman–Crippen LogP) is 3.80. The minimum atomic E-state index is -4.21. The fourth-order valence-electron chi connectivity index (χ4n) is 2.80. The summed E-state index contributed by atoms with van der Waals surface area (Å²) in [6, 6.07) is -0.207. The van der Waals surface area contributed by atoms with Crippen molar-refractivity contribution in [2.75, 3.05) is 13.1 Å². The Morgan fingerprint density at radius 3 is 2.05 bits per heavy atom. The Bertz CT molecular complexity index is 281. The Morgan fingerprint density at radius 1 is 1.16 bits per heavy atom. The minimum absolute atomic E-state index is 0.207. The molecule has 19 heavy (non-hydrogen) atoms. The molecule has 0 aromatic carbocycles. The van der Waals surface area contributed by atoms with Gasteiger partial charge in [-0.25, -0.2) is 0 Å². The monoisotopic (exact) mass is 279 g/mol. The molecule has 0 saturated heterocycles. The van der Waals surface area contributed by atoms with Crippen LogP contribution in [0.1, 0.15) is 52.4 Å². The van der Waals surface area contributed by atoms with Crippen LogP contribution >= 0.6 is 0 Å². The number of aldehydes is 1. The Labute approximate surface area is 113 Å². The van der Waals surface area contributed by atoms with Crippen molar-refractivity contribution in [2.45, 2.75) is 64.6 Å². The molecule has 0 aromatic heterocycles. The maximum Gasteiger partial charge on any atom is 0.401 e. The van der Waals surface area contributed by atoms with E-state index in [-0.39, 0.29) is 12.6 Å². The first-order valence-electron chi connectivity index (χ1n) is 7.05. The van der Waals surface area contributed by atoms with Gasteiger partial charge in [0.1, 0.15) is 6.29 Å². The Hall–Kier alpha value is -0.580. The second kappa shape index (κ2) is 6.73. The molecule has 1 aliphatic carbocycles. The van der Waals surface area contributed by atoms with Crippen molar-refractivity contribution in [1.29, 1.82) is 0 Å². The number of halogens is 3. The molecule has 0 N–H and O–H groups in total. The molecule has 2 nitrogen and oxygen atoms in total. The lowest BCUT2D eigenvalue weighted by atomic mass is 9.81. The maximum absolute atomic E-state index is 12.6. The topological polar surface area (TPSA) is 20.3 Å². The highest BCUT2D eigenvalue weighted by Crippen LogP contribution is 2.35. The molecule has 112 valence electrons. The fourth-order valence-corrected chi connectivity index (χ4v) is 2.80. The average molecular weight is 279 g/mol. The van der Waals surface area contributed by atoms with Crippen LogP contribution in [-0.2, 0) is 4.79 Å². The van der Waals surface area contributed by atoms with Crippen molar-refractivity contribution in [3.63, 3.8) is 0 Å². The fraction of sp³-hybridized carbons (Fsp3) is 0.929. The van der Waals surface area contributed by atoms with E-state index < -0.39 is 18.1 Å². The van der Waals surface area contributed by atoms with Crippen LogP contribution in [-0.4, -0.2) is 36.5 Å². The van der Waals surface area contributed by atoms with Crippen molar-refractivity contribution in [3.05, 3.63) is 0 Å². The molecule has 0 aliphatic heterocycles. The van der Waals surface area contributed by atoms with Crippen molar-refractivity contribution in [2.24, 2.45) is 5.41 Å². The van der Waals surface area contributed by atoms with Crippen LogP contribution in [0.4, 0.5) is 13.2 Å². The standard InChI is InChI=1S/C14H24F3NO/c1-12(2)18(10-14(15,16)17)9-13(11-19)7-5-3-4-6-8-13/h11-12H,3-10H2,1-2H3. The third-order valence-corrected chi connectivity index (χ3v) is 3.98. The third kappa shape index (κ3) is 5.51. The highest BCUT2D eigenvalue weighted by molar-refractivity contribution is 5.59.